The molecule has 1 aliphatic heterocycles. The van der Waals surface area contributed by atoms with Crippen LogP contribution >= 0.6 is 0 Å². The van der Waals surface area contributed by atoms with Crippen LogP contribution in [-0.2, 0) is 6.42 Å². The Kier molecular flexibility index (Phi) is 7.16. The van der Waals surface area contributed by atoms with E-state index in [-0.39, 0.29) is 0 Å². The van der Waals surface area contributed by atoms with Crippen molar-refractivity contribution in [2.24, 2.45) is 4.99 Å². The summed E-state index contributed by atoms with van der Waals surface area (Å²) < 4.78 is 0. The summed E-state index contributed by atoms with van der Waals surface area (Å²) in [5, 5.41) is 6.84. The Morgan fingerprint density at radius 2 is 2.27 bits per heavy atom. The molecule has 2 heterocycles. The van der Waals surface area contributed by atoms with E-state index in [0.717, 1.165) is 37.7 Å². The van der Waals surface area contributed by atoms with E-state index < -0.39 is 0 Å². The zero-order valence-electron chi connectivity index (χ0n) is 13.9. The summed E-state index contributed by atoms with van der Waals surface area (Å²) in [6.45, 7) is 6.43. The van der Waals surface area contributed by atoms with Gasteiger partial charge in [0.15, 0.2) is 5.96 Å². The zero-order chi connectivity index (χ0) is 15.6. The van der Waals surface area contributed by atoms with Gasteiger partial charge in [-0.25, -0.2) is 0 Å². The molecular weight excluding hydrogens is 274 g/mol. The molecule has 2 rings (SSSR count). The molecule has 1 unspecified atom stereocenters. The van der Waals surface area contributed by atoms with Crippen LogP contribution in [-0.4, -0.2) is 55.1 Å². The first kappa shape index (κ1) is 16.7. The molecule has 1 aromatic rings. The Labute approximate surface area is 134 Å². The number of aromatic nitrogens is 1. The van der Waals surface area contributed by atoms with Crippen molar-refractivity contribution in [1.82, 2.24) is 20.5 Å². The molecule has 2 N–H and O–H groups in total. The first-order valence-corrected chi connectivity index (χ1v) is 8.42. The highest BCUT2D eigenvalue weighted by Crippen LogP contribution is 2.15. The van der Waals surface area contributed by atoms with Gasteiger partial charge in [-0.15, -0.1) is 0 Å². The van der Waals surface area contributed by atoms with Crippen LogP contribution in [0.2, 0.25) is 0 Å². The van der Waals surface area contributed by atoms with Crippen molar-refractivity contribution in [2.75, 3.05) is 33.2 Å². The van der Waals surface area contributed by atoms with E-state index in [4.69, 9.17) is 0 Å². The van der Waals surface area contributed by atoms with Crippen LogP contribution in [0.1, 0.15) is 31.9 Å². The number of rotatable bonds is 6. The lowest BCUT2D eigenvalue weighted by Gasteiger charge is -2.35. The smallest absolute Gasteiger partial charge is 0.191 e. The Balaban J connectivity index is 1.70. The molecule has 1 saturated heterocycles. The van der Waals surface area contributed by atoms with Crippen molar-refractivity contribution in [3.63, 3.8) is 0 Å². The average Bonchev–Trinajstić information content (AvgIpc) is 2.59. The van der Waals surface area contributed by atoms with Gasteiger partial charge in [0.05, 0.1) is 0 Å². The molecule has 0 aromatic carbocycles. The highest BCUT2D eigenvalue weighted by atomic mass is 15.2. The van der Waals surface area contributed by atoms with E-state index in [1.807, 2.05) is 25.4 Å². The predicted molar refractivity (Wildman–Crippen MR) is 92.2 cm³/mol. The van der Waals surface area contributed by atoms with Gasteiger partial charge in [0, 0.05) is 44.5 Å². The maximum absolute atomic E-state index is 4.33. The van der Waals surface area contributed by atoms with E-state index in [2.05, 4.69) is 38.5 Å². The fraction of sp³-hybridized carbons (Fsp3) is 0.647. The molecule has 22 heavy (non-hydrogen) atoms. The summed E-state index contributed by atoms with van der Waals surface area (Å²) in [6.07, 6.45) is 6.71. The number of piperidine rings is 1. The molecule has 0 aliphatic carbocycles. The molecule has 0 amide bonds. The normalized spacial score (nSPS) is 19.9. The zero-order valence-corrected chi connectivity index (χ0v) is 13.9. The molecule has 1 fully saturated rings. The third-order valence-electron chi connectivity index (χ3n) is 4.28. The summed E-state index contributed by atoms with van der Waals surface area (Å²) >= 11 is 0. The summed E-state index contributed by atoms with van der Waals surface area (Å²) in [5.74, 6) is 0.887. The summed E-state index contributed by atoms with van der Waals surface area (Å²) in [4.78, 5) is 11.2. The van der Waals surface area contributed by atoms with Gasteiger partial charge >= 0.3 is 0 Å². The molecular formula is C17H29N5. The van der Waals surface area contributed by atoms with Crippen molar-refractivity contribution in [3.8, 4) is 0 Å². The third kappa shape index (κ3) is 5.30. The van der Waals surface area contributed by atoms with Gasteiger partial charge in [0.2, 0.25) is 0 Å². The largest absolute Gasteiger partial charge is 0.356 e. The second kappa shape index (κ2) is 9.41. The van der Waals surface area contributed by atoms with Crippen LogP contribution < -0.4 is 10.6 Å². The number of nitrogens with one attached hydrogen (secondary N) is 2. The van der Waals surface area contributed by atoms with Crippen LogP contribution in [0.3, 0.4) is 0 Å². The SMILES string of the molecule is CCN1CCCCC1CNC(=NC)NCCc1ccccn1. The number of likely N-dealkylation sites (N-methyl/N-ethyl adjacent to an activating group) is 1. The van der Waals surface area contributed by atoms with Gasteiger partial charge in [0.25, 0.3) is 0 Å². The van der Waals surface area contributed by atoms with E-state index in [1.54, 1.807) is 0 Å². The van der Waals surface area contributed by atoms with Gasteiger partial charge in [-0.1, -0.05) is 19.4 Å². The molecule has 0 bridgehead atoms. The van der Waals surface area contributed by atoms with Crippen molar-refractivity contribution in [2.45, 2.75) is 38.6 Å². The Morgan fingerprint density at radius 1 is 1.36 bits per heavy atom. The monoisotopic (exact) mass is 303 g/mol. The Bertz CT molecular complexity index is 446. The van der Waals surface area contributed by atoms with Gasteiger partial charge in [-0.2, -0.15) is 0 Å². The number of aliphatic imine (C=N–C) groups is 1. The van der Waals surface area contributed by atoms with Crippen LogP contribution in [0.25, 0.3) is 0 Å². The lowest BCUT2D eigenvalue weighted by molar-refractivity contribution is 0.157. The number of nitrogens with zero attached hydrogens (tertiary/aromatic N) is 3. The van der Waals surface area contributed by atoms with E-state index in [0.29, 0.717) is 6.04 Å². The van der Waals surface area contributed by atoms with Crippen LogP contribution in [0.4, 0.5) is 0 Å². The second-order valence-corrected chi connectivity index (χ2v) is 5.73. The molecule has 5 nitrogen and oxygen atoms in total. The van der Waals surface area contributed by atoms with Crippen LogP contribution in [0, 0.1) is 0 Å². The molecule has 1 aliphatic rings. The molecule has 0 saturated carbocycles. The molecule has 122 valence electrons. The third-order valence-corrected chi connectivity index (χ3v) is 4.28. The highest BCUT2D eigenvalue weighted by Gasteiger charge is 2.20. The number of guanidine groups is 1. The maximum atomic E-state index is 4.33. The average molecular weight is 303 g/mol. The second-order valence-electron chi connectivity index (χ2n) is 5.73. The summed E-state index contributed by atoms with van der Waals surface area (Å²) in [7, 11) is 1.83. The van der Waals surface area contributed by atoms with E-state index >= 15 is 0 Å². The van der Waals surface area contributed by atoms with E-state index in [1.165, 1.54) is 25.8 Å². The van der Waals surface area contributed by atoms with Gasteiger partial charge in [0.1, 0.15) is 0 Å². The van der Waals surface area contributed by atoms with Gasteiger partial charge < -0.3 is 10.6 Å². The molecule has 0 radical (unpaired) electrons. The van der Waals surface area contributed by atoms with Crippen molar-refractivity contribution < 1.29 is 0 Å². The topological polar surface area (TPSA) is 52.5 Å². The maximum Gasteiger partial charge on any atom is 0.191 e. The van der Waals surface area contributed by atoms with Crippen molar-refractivity contribution in [3.05, 3.63) is 30.1 Å². The van der Waals surface area contributed by atoms with E-state index in [9.17, 15) is 0 Å². The molecule has 1 aromatic heterocycles. The van der Waals surface area contributed by atoms with Gasteiger partial charge in [-0.3, -0.25) is 14.9 Å². The molecule has 1 atom stereocenters. The van der Waals surface area contributed by atoms with Crippen LogP contribution in [0.15, 0.2) is 29.4 Å². The lowest BCUT2D eigenvalue weighted by Crippen LogP contribution is -2.49. The first-order chi connectivity index (χ1) is 10.8. The summed E-state index contributed by atoms with van der Waals surface area (Å²) in [6, 6.07) is 6.66. The van der Waals surface area contributed by atoms with Crippen LogP contribution in [0.5, 0.6) is 0 Å². The fourth-order valence-electron chi connectivity index (χ4n) is 3.00. The molecule has 5 heteroatoms. The quantitative estimate of drug-likeness (QED) is 0.620. The Hall–Kier alpha value is -1.62. The number of hydrogen-bond donors (Lipinski definition) is 2. The highest BCUT2D eigenvalue weighted by molar-refractivity contribution is 5.79. The van der Waals surface area contributed by atoms with Crippen molar-refractivity contribution >= 4 is 5.96 Å². The lowest BCUT2D eigenvalue weighted by atomic mass is 10.0. The number of likely N-dealkylation sites (tertiary alicyclic amines) is 1. The first-order valence-electron chi connectivity index (χ1n) is 8.42. The Morgan fingerprint density at radius 3 is 3.00 bits per heavy atom. The van der Waals surface area contributed by atoms with Crippen molar-refractivity contribution in [1.29, 1.82) is 0 Å². The summed E-state index contributed by atoms with van der Waals surface area (Å²) in [5.41, 5.74) is 1.11. The minimum Gasteiger partial charge on any atom is -0.356 e. The fourth-order valence-corrected chi connectivity index (χ4v) is 3.00. The molecule has 0 spiro atoms. The standard InChI is InChI=1S/C17H29N5/c1-3-22-13-7-5-9-16(22)14-21-17(18-2)20-12-10-15-8-4-6-11-19-15/h4,6,8,11,16H,3,5,7,9-10,12-14H2,1-2H3,(H2,18,20,21). The van der Waals surface area contributed by atoms with Gasteiger partial charge in [-0.05, 0) is 38.1 Å². The predicted octanol–water partition coefficient (Wildman–Crippen LogP) is 1.66. The minimum atomic E-state index is 0.632. The number of pyridine rings is 1. The minimum absolute atomic E-state index is 0.632. The number of hydrogen-bond acceptors (Lipinski definition) is 3.